The van der Waals surface area contributed by atoms with E-state index in [1.165, 1.54) is 24.3 Å². The normalized spacial score (nSPS) is 12.8. The van der Waals surface area contributed by atoms with Crippen molar-refractivity contribution in [1.82, 2.24) is 0 Å². The van der Waals surface area contributed by atoms with Gasteiger partial charge in [0, 0.05) is 6.54 Å². The Hall–Kier alpha value is -3.16. The van der Waals surface area contributed by atoms with Crippen LogP contribution in [0.2, 0.25) is 0 Å². The lowest BCUT2D eigenvalue weighted by molar-refractivity contribution is -0.384. The first-order valence-corrected chi connectivity index (χ1v) is 7.26. The van der Waals surface area contributed by atoms with Crippen molar-refractivity contribution in [2.45, 2.75) is 6.42 Å². The van der Waals surface area contributed by atoms with Crippen molar-refractivity contribution in [1.29, 1.82) is 0 Å². The smallest absolute Gasteiger partial charge is 0.296 e. The van der Waals surface area contributed by atoms with Crippen molar-refractivity contribution >= 4 is 23.0 Å². The molecule has 3 rings (SSSR count). The molecule has 0 atom stereocenters. The van der Waals surface area contributed by atoms with E-state index in [-0.39, 0.29) is 35.5 Å². The average molecular weight is 331 g/mol. The fourth-order valence-electron chi connectivity index (χ4n) is 2.40. The van der Waals surface area contributed by atoms with Crippen LogP contribution in [0.15, 0.2) is 36.4 Å². The first-order chi connectivity index (χ1) is 11.5. The summed E-state index contributed by atoms with van der Waals surface area (Å²) in [5.74, 6) is -0.355. The zero-order valence-corrected chi connectivity index (χ0v) is 12.5. The number of benzene rings is 2. The van der Waals surface area contributed by atoms with Crippen LogP contribution in [0.4, 0.5) is 21.5 Å². The van der Waals surface area contributed by atoms with E-state index < -0.39 is 4.92 Å². The molecule has 124 valence electrons. The van der Waals surface area contributed by atoms with Crippen molar-refractivity contribution in [3.05, 3.63) is 57.9 Å². The topological polar surface area (TPSA) is 93.5 Å². The molecule has 24 heavy (non-hydrogen) atoms. The van der Waals surface area contributed by atoms with Gasteiger partial charge in [0.1, 0.15) is 11.5 Å². The molecule has 0 spiro atoms. The van der Waals surface area contributed by atoms with Crippen molar-refractivity contribution in [3.63, 3.8) is 0 Å². The molecule has 2 aromatic carbocycles. The minimum Gasteiger partial charge on any atom is -0.481 e. The zero-order chi connectivity index (χ0) is 17.1. The molecule has 1 heterocycles. The van der Waals surface area contributed by atoms with Crippen LogP contribution in [-0.2, 0) is 11.2 Å². The maximum absolute atomic E-state index is 12.9. The Morgan fingerprint density at radius 1 is 1.29 bits per heavy atom. The van der Waals surface area contributed by atoms with E-state index in [2.05, 4.69) is 10.6 Å². The molecule has 1 aliphatic rings. The number of carbonyl (C=O) groups is 1. The van der Waals surface area contributed by atoms with Crippen LogP contribution in [0, 0.1) is 15.9 Å². The number of ether oxygens (including phenoxy) is 1. The SMILES string of the molecule is O=C1COc2cc([N+](=O)[O-])c(NCCc3ccc(F)cc3)cc2N1. The van der Waals surface area contributed by atoms with Gasteiger partial charge in [-0.25, -0.2) is 4.39 Å². The third-order valence-corrected chi connectivity index (χ3v) is 3.57. The van der Waals surface area contributed by atoms with Crippen LogP contribution >= 0.6 is 0 Å². The van der Waals surface area contributed by atoms with Crippen LogP contribution in [0.1, 0.15) is 5.56 Å². The Morgan fingerprint density at radius 3 is 2.75 bits per heavy atom. The molecule has 7 nitrogen and oxygen atoms in total. The third-order valence-electron chi connectivity index (χ3n) is 3.57. The van der Waals surface area contributed by atoms with Gasteiger partial charge >= 0.3 is 0 Å². The van der Waals surface area contributed by atoms with E-state index in [1.807, 2.05) is 0 Å². The standard InChI is InChI=1S/C16H14FN3O4/c17-11-3-1-10(2-4-11)5-6-18-12-7-13-15(8-14(12)20(22)23)24-9-16(21)19-13/h1-4,7-8,18H,5-6,9H2,(H,19,21). The molecule has 1 aliphatic heterocycles. The first kappa shape index (κ1) is 15.7. The number of nitrogens with zero attached hydrogens (tertiary/aromatic N) is 1. The maximum Gasteiger partial charge on any atom is 0.296 e. The second-order valence-electron chi connectivity index (χ2n) is 5.26. The van der Waals surface area contributed by atoms with Gasteiger partial charge < -0.3 is 15.4 Å². The summed E-state index contributed by atoms with van der Waals surface area (Å²) in [6, 6.07) is 8.82. The lowest BCUT2D eigenvalue weighted by atomic mass is 10.1. The summed E-state index contributed by atoms with van der Waals surface area (Å²) in [7, 11) is 0. The number of nitrogens with one attached hydrogen (secondary N) is 2. The summed E-state index contributed by atoms with van der Waals surface area (Å²) in [6.45, 7) is 0.252. The summed E-state index contributed by atoms with van der Waals surface area (Å²) >= 11 is 0. The van der Waals surface area contributed by atoms with E-state index in [4.69, 9.17) is 4.74 Å². The summed E-state index contributed by atoms with van der Waals surface area (Å²) in [5, 5.41) is 16.8. The van der Waals surface area contributed by atoms with E-state index in [0.29, 0.717) is 18.7 Å². The molecule has 8 heteroatoms. The number of nitro benzene ring substituents is 1. The lowest BCUT2D eigenvalue weighted by Crippen LogP contribution is -2.25. The molecular weight excluding hydrogens is 317 g/mol. The van der Waals surface area contributed by atoms with Crippen molar-refractivity contribution < 1.29 is 18.8 Å². The van der Waals surface area contributed by atoms with E-state index >= 15 is 0 Å². The Labute approximate surface area is 136 Å². The molecule has 0 aromatic heterocycles. The number of halogens is 1. The highest BCUT2D eigenvalue weighted by molar-refractivity contribution is 5.96. The number of amides is 1. The number of rotatable bonds is 5. The Balaban J connectivity index is 1.76. The molecule has 0 saturated heterocycles. The minimum absolute atomic E-state index is 0.135. The highest BCUT2D eigenvalue weighted by Gasteiger charge is 2.23. The average Bonchev–Trinajstić information content (AvgIpc) is 2.55. The van der Waals surface area contributed by atoms with Crippen LogP contribution in [0.25, 0.3) is 0 Å². The van der Waals surface area contributed by atoms with Gasteiger partial charge in [-0.1, -0.05) is 12.1 Å². The largest absolute Gasteiger partial charge is 0.481 e. The minimum atomic E-state index is -0.514. The molecule has 2 N–H and O–H groups in total. The summed E-state index contributed by atoms with van der Waals surface area (Å²) in [5.41, 5.74) is 1.44. The van der Waals surface area contributed by atoms with Crippen LogP contribution in [-0.4, -0.2) is 24.0 Å². The summed E-state index contributed by atoms with van der Waals surface area (Å²) in [6.07, 6.45) is 0.567. The van der Waals surface area contributed by atoms with Gasteiger partial charge in [0.15, 0.2) is 12.4 Å². The van der Waals surface area contributed by atoms with Crippen molar-refractivity contribution in [2.24, 2.45) is 0 Å². The van der Waals surface area contributed by atoms with Gasteiger partial charge in [0.25, 0.3) is 11.6 Å². The summed E-state index contributed by atoms with van der Waals surface area (Å²) in [4.78, 5) is 22.1. The molecule has 2 aromatic rings. The van der Waals surface area contributed by atoms with Gasteiger partial charge in [-0.2, -0.15) is 0 Å². The highest BCUT2D eigenvalue weighted by atomic mass is 19.1. The highest BCUT2D eigenvalue weighted by Crippen LogP contribution is 2.37. The molecule has 0 unspecified atom stereocenters. The maximum atomic E-state index is 12.9. The van der Waals surface area contributed by atoms with Gasteiger partial charge in [-0.05, 0) is 30.2 Å². The number of nitro groups is 1. The van der Waals surface area contributed by atoms with Gasteiger partial charge in [0.05, 0.1) is 16.7 Å². The monoisotopic (exact) mass is 331 g/mol. The first-order valence-electron chi connectivity index (χ1n) is 7.26. The van der Waals surface area contributed by atoms with Gasteiger partial charge in [-0.3, -0.25) is 14.9 Å². The number of anilines is 2. The Morgan fingerprint density at radius 2 is 2.04 bits per heavy atom. The third kappa shape index (κ3) is 3.43. The van der Waals surface area contributed by atoms with E-state index in [1.54, 1.807) is 12.1 Å². The summed E-state index contributed by atoms with van der Waals surface area (Å²) < 4.78 is 18.1. The van der Waals surface area contributed by atoms with Crippen LogP contribution < -0.4 is 15.4 Å². The van der Waals surface area contributed by atoms with E-state index in [0.717, 1.165) is 5.56 Å². The molecule has 1 amide bonds. The molecule has 0 fully saturated rings. The molecule has 0 aliphatic carbocycles. The molecular formula is C16H14FN3O4. The Bertz CT molecular complexity index is 793. The molecule has 0 saturated carbocycles. The molecule has 0 radical (unpaired) electrons. The second kappa shape index (κ2) is 6.53. The Kier molecular flexibility index (Phi) is 4.28. The van der Waals surface area contributed by atoms with Crippen LogP contribution in [0.3, 0.4) is 0 Å². The fourth-order valence-corrected chi connectivity index (χ4v) is 2.40. The number of hydrogen-bond donors (Lipinski definition) is 2. The number of carbonyl (C=O) groups excluding carboxylic acids is 1. The van der Waals surface area contributed by atoms with Crippen LogP contribution in [0.5, 0.6) is 5.75 Å². The molecule has 0 bridgehead atoms. The lowest BCUT2D eigenvalue weighted by Gasteiger charge is -2.19. The number of fused-ring (bicyclic) bond motifs is 1. The second-order valence-corrected chi connectivity index (χ2v) is 5.26. The quantitative estimate of drug-likeness (QED) is 0.649. The van der Waals surface area contributed by atoms with Gasteiger partial charge in [-0.15, -0.1) is 0 Å². The van der Waals surface area contributed by atoms with Crippen molar-refractivity contribution in [3.8, 4) is 5.75 Å². The predicted octanol–water partition coefficient (Wildman–Crippen LogP) is 2.72. The number of hydrogen-bond acceptors (Lipinski definition) is 5. The fraction of sp³-hybridized carbons (Fsp3) is 0.188. The zero-order valence-electron chi connectivity index (χ0n) is 12.5. The van der Waals surface area contributed by atoms with E-state index in [9.17, 15) is 19.3 Å². The van der Waals surface area contributed by atoms with Crippen molar-refractivity contribution in [2.75, 3.05) is 23.8 Å². The predicted molar refractivity (Wildman–Crippen MR) is 85.8 cm³/mol. The van der Waals surface area contributed by atoms with Gasteiger partial charge in [0.2, 0.25) is 0 Å².